The van der Waals surface area contributed by atoms with E-state index in [9.17, 15) is 14.4 Å². The van der Waals surface area contributed by atoms with Crippen molar-refractivity contribution in [2.75, 3.05) is 55.7 Å². The van der Waals surface area contributed by atoms with E-state index >= 15 is 0 Å². The summed E-state index contributed by atoms with van der Waals surface area (Å²) >= 11 is 0. The van der Waals surface area contributed by atoms with Crippen LogP contribution in [0.5, 0.6) is 23.0 Å². The first kappa shape index (κ1) is 37.5. The van der Waals surface area contributed by atoms with Gasteiger partial charge in [0.15, 0.2) is 11.5 Å². The van der Waals surface area contributed by atoms with Gasteiger partial charge in [-0.05, 0) is 74.8 Å². The van der Waals surface area contributed by atoms with Crippen molar-refractivity contribution >= 4 is 28.8 Å². The van der Waals surface area contributed by atoms with Crippen molar-refractivity contribution in [2.24, 2.45) is 17.8 Å². The number of H-pyrrole nitrogens is 1. The number of fused-ring (bicyclic) bond motifs is 6. The molecule has 3 aromatic rings. The molecule has 1 aliphatic carbocycles. The fraction of sp³-hybridized carbons (Fsp3) is 0.500. The predicted octanol–water partition coefficient (Wildman–Crippen LogP) is 5.21. The Morgan fingerprint density at radius 3 is 2.20 bits per heavy atom. The van der Waals surface area contributed by atoms with Gasteiger partial charge in [-0.3, -0.25) is 9.69 Å². The first-order valence-electron chi connectivity index (χ1n) is 16.9. The van der Waals surface area contributed by atoms with Gasteiger partial charge in [-0.1, -0.05) is 6.08 Å². The van der Waals surface area contributed by atoms with Gasteiger partial charge >= 0.3 is 17.9 Å². The van der Waals surface area contributed by atoms with E-state index in [1.165, 1.54) is 45.1 Å². The molecule has 2 aromatic carbocycles. The number of carboxylic acids is 1. The lowest BCUT2D eigenvalue weighted by Crippen LogP contribution is -2.58. The number of ether oxygens (including phenoxy) is 7. The Balaban J connectivity index is 0.000000654. The number of aromatic nitrogens is 1. The third-order valence-corrected chi connectivity index (χ3v) is 10.5. The first-order valence-corrected chi connectivity index (χ1v) is 16.9. The van der Waals surface area contributed by atoms with Gasteiger partial charge in [0, 0.05) is 48.4 Å². The van der Waals surface area contributed by atoms with E-state index in [0.717, 1.165) is 37.2 Å². The van der Waals surface area contributed by atoms with E-state index in [0.29, 0.717) is 29.2 Å². The molecule has 276 valence electrons. The predicted molar refractivity (Wildman–Crippen MR) is 188 cm³/mol. The van der Waals surface area contributed by atoms with Gasteiger partial charge in [0.05, 0.1) is 53.1 Å². The zero-order chi connectivity index (χ0) is 37.0. The summed E-state index contributed by atoms with van der Waals surface area (Å²) in [5.74, 6) is -0.404. The Hall–Kier alpha value is -4.75. The second kappa shape index (κ2) is 16.1. The van der Waals surface area contributed by atoms with Crippen molar-refractivity contribution in [3.05, 3.63) is 58.8 Å². The van der Waals surface area contributed by atoms with Crippen LogP contribution in [0.2, 0.25) is 0 Å². The molecule has 1 saturated carbocycles. The molecule has 2 N–H and O–H groups in total. The number of benzene rings is 2. The largest absolute Gasteiger partial charge is 0.497 e. The summed E-state index contributed by atoms with van der Waals surface area (Å²) in [6.07, 6.45) is 2.48. The van der Waals surface area contributed by atoms with Gasteiger partial charge in [-0.15, -0.1) is 0 Å². The lowest BCUT2D eigenvalue weighted by molar-refractivity contribution is -0.176. The monoisotopic (exact) mass is 708 g/mol. The summed E-state index contributed by atoms with van der Waals surface area (Å²) in [7, 11) is 9.10. The minimum absolute atomic E-state index is 0.0170. The molecule has 0 spiro atoms. The van der Waals surface area contributed by atoms with Gasteiger partial charge in [0.1, 0.15) is 18.0 Å². The molecule has 6 atom stereocenters. The van der Waals surface area contributed by atoms with Crippen LogP contribution in [0.15, 0.2) is 42.0 Å². The fourth-order valence-corrected chi connectivity index (χ4v) is 7.89. The molecule has 0 radical (unpaired) electrons. The maximum absolute atomic E-state index is 13.5. The summed E-state index contributed by atoms with van der Waals surface area (Å²) in [6.45, 7) is 4.94. The number of carbonyl (C=O) groups excluding carboxylic acids is 2. The minimum atomic E-state index is -0.845. The molecule has 2 aliphatic heterocycles. The summed E-state index contributed by atoms with van der Waals surface area (Å²) in [5.41, 5.74) is 4.22. The van der Waals surface area contributed by atoms with Gasteiger partial charge in [0.2, 0.25) is 5.75 Å². The van der Waals surface area contributed by atoms with E-state index in [-0.39, 0.29) is 29.4 Å². The van der Waals surface area contributed by atoms with Crippen LogP contribution in [0.1, 0.15) is 54.3 Å². The number of methoxy groups -OCH3 is 6. The number of hydrogen-bond donors (Lipinski definition) is 2. The van der Waals surface area contributed by atoms with Gasteiger partial charge in [0.25, 0.3) is 0 Å². The number of carbonyl (C=O) groups is 3. The quantitative estimate of drug-likeness (QED) is 0.222. The van der Waals surface area contributed by atoms with Crippen molar-refractivity contribution in [1.29, 1.82) is 0 Å². The summed E-state index contributed by atoms with van der Waals surface area (Å²) < 4.78 is 39.1. The average molecular weight is 709 g/mol. The standard InChI is InChI=1S/C33H40N2O9.C5H8O2/c1-38-19-7-8-20-21-9-10-35-16-18-13-27(44-32(36)17-11-25(39-2)30(41-4)26(12-17)40-3)31(42-5)28(33(37)43-6)22(18)15-24(35)29(21)34-23(20)14-19;1-3-4(2)5(6)7/h7-8,11-12,14,18,22,24,27-28,31,34H,9-10,13,15-16H2,1-6H3;3H,1-2H3,(H,6,7)/b;4-3+/t18-,22+,24-,27-,28+,31+;/m1./s1. The highest BCUT2D eigenvalue weighted by atomic mass is 16.6. The molecule has 1 saturated heterocycles. The van der Waals surface area contributed by atoms with Crippen LogP contribution >= 0.6 is 0 Å². The van der Waals surface area contributed by atoms with E-state index < -0.39 is 30.1 Å². The minimum Gasteiger partial charge on any atom is -0.497 e. The highest BCUT2D eigenvalue weighted by Crippen LogP contribution is 2.51. The van der Waals surface area contributed by atoms with Crippen LogP contribution in [0.25, 0.3) is 10.9 Å². The number of aromatic amines is 1. The van der Waals surface area contributed by atoms with Gasteiger partial charge in [-0.2, -0.15) is 0 Å². The fourth-order valence-electron chi connectivity index (χ4n) is 7.89. The van der Waals surface area contributed by atoms with Crippen LogP contribution in [0.3, 0.4) is 0 Å². The lowest BCUT2D eigenvalue weighted by atomic mass is 9.63. The van der Waals surface area contributed by atoms with Crippen LogP contribution < -0.4 is 18.9 Å². The number of nitrogens with zero attached hydrogens (tertiary/aromatic N) is 1. The first-order chi connectivity index (χ1) is 24.5. The number of esters is 2. The number of hydrogen-bond acceptors (Lipinski definition) is 11. The molecule has 0 unspecified atom stereocenters. The van der Waals surface area contributed by atoms with Crippen LogP contribution in [-0.2, 0) is 30.2 Å². The number of rotatable bonds is 9. The van der Waals surface area contributed by atoms with Crippen LogP contribution in [-0.4, -0.2) is 101 Å². The summed E-state index contributed by atoms with van der Waals surface area (Å²) in [5, 5.41) is 9.33. The smallest absolute Gasteiger partial charge is 0.338 e. The Bertz CT molecular complexity index is 1760. The van der Waals surface area contributed by atoms with E-state index in [2.05, 4.69) is 16.0 Å². The van der Waals surface area contributed by atoms with Crippen molar-refractivity contribution in [3.63, 3.8) is 0 Å². The maximum Gasteiger partial charge on any atom is 0.338 e. The van der Waals surface area contributed by atoms with Crippen molar-refractivity contribution in [2.45, 2.75) is 51.4 Å². The second-order valence-corrected chi connectivity index (χ2v) is 13.0. The Labute approximate surface area is 297 Å². The average Bonchev–Trinajstić information content (AvgIpc) is 3.53. The van der Waals surface area contributed by atoms with Crippen molar-refractivity contribution in [1.82, 2.24) is 9.88 Å². The van der Waals surface area contributed by atoms with E-state index in [4.69, 9.17) is 38.3 Å². The maximum atomic E-state index is 13.5. The normalized spacial score (nSPS) is 24.1. The van der Waals surface area contributed by atoms with E-state index in [1.807, 2.05) is 12.1 Å². The Kier molecular flexibility index (Phi) is 11.8. The molecule has 13 heteroatoms. The molecule has 13 nitrogen and oxygen atoms in total. The molecule has 2 fully saturated rings. The molecular formula is C38H48N2O11. The molecule has 3 aliphatic rings. The number of carboxylic acid groups (broad SMARTS) is 1. The summed E-state index contributed by atoms with van der Waals surface area (Å²) in [6, 6.07) is 9.40. The van der Waals surface area contributed by atoms with Gasteiger partial charge < -0.3 is 43.2 Å². The van der Waals surface area contributed by atoms with Crippen molar-refractivity contribution < 1.29 is 52.6 Å². The molecule has 1 aromatic heterocycles. The highest BCUT2D eigenvalue weighted by molar-refractivity contribution is 5.91. The third kappa shape index (κ3) is 7.36. The highest BCUT2D eigenvalue weighted by Gasteiger charge is 2.54. The zero-order valence-electron chi connectivity index (χ0n) is 30.4. The zero-order valence-corrected chi connectivity index (χ0v) is 30.4. The molecule has 0 bridgehead atoms. The number of nitrogens with one attached hydrogen (secondary N) is 1. The van der Waals surface area contributed by atoms with Crippen molar-refractivity contribution in [3.8, 4) is 23.0 Å². The molecule has 6 rings (SSSR count). The second-order valence-electron chi connectivity index (χ2n) is 13.0. The lowest BCUT2D eigenvalue weighted by Gasteiger charge is -2.52. The molecule has 51 heavy (non-hydrogen) atoms. The Morgan fingerprint density at radius 2 is 1.65 bits per heavy atom. The number of piperidine rings is 1. The number of allylic oxidation sites excluding steroid dienone is 1. The third-order valence-electron chi connectivity index (χ3n) is 10.5. The topological polar surface area (TPSA) is 155 Å². The molecular weight excluding hydrogens is 660 g/mol. The Morgan fingerprint density at radius 1 is 0.941 bits per heavy atom. The van der Waals surface area contributed by atoms with Crippen LogP contribution in [0.4, 0.5) is 0 Å². The van der Waals surface area contributed by atoms with Crippen LogP contribution in [0, 0.1) is 17.8 Å². The number of aliphatic carboxylic acids is 1. The van der Waals surface area contributed by atoms with E-state index in [1.54, 1.807) is 46.3 Å². The molecule has 0 amide bonds. The summed E-state index contributed by atoms with van der Waals surface area (Å²) in [4.78, 5) is 43.0. The SMILES string of the molecule is C/C=C(\C)C(=O)O.COC(=O)[C@H]1[C@H]2C[C@@H]3c4[nH]c5cc(OC)ccc5c4CCN3C[C@H]2C[C@@H](OC(=O)c2cc(OC)c(OC)c(OC)c2)[C@@H]1OC. The van der Waals surface area contributed by atoms with Gasteiger partial charge in [-0.25, -0.2) is 9.59 Å². The molecule has 3 heterocycles.